The number of carbonyl (C=O) groups excluding carboxylic acids is 2. The Labute approximate surface area is 167 Å². The van der Waals surface area contributed by atoms with E-state index in [4.69, 9.17) is 32.1 Å². The second-order valence-corrected chi connectivity index (χ2v) is 5.91. The van der Waals surface area contributed by atoms with E-state index in [1.165, 1.54) is 6.08 Å². The maximum Gasteiger partial charge on any atom is 0.319 e. The SMILES string of the molecule is CCOc1cc(/C=C(/C#N)C(=O)NC(N)=O)ccc1OCc1ccccc1Cl. The highest BCUT2D eigenvalue weighted by Crippen LogP contribution is 2.30. The summed E-state index contributed by atoms with van der Waals surface area (Å²) in [4.78, 5) is 22.6. The fraction of sp³-hybridized carbons (Fsp3) is 0.150. The van der Waals surface area contributed by atoms with E-state index in [-0.39, 0.29) is 12.2 Å². The number of urea groups is 1. The van der Waals surface area contributed by atoms with E-state index >= 15 is 0 Å². The Morgan fingerprint density at radius 2 is 1.96 bits per heavy atom. The van der Waals surface area contributed by atoms with Gasteiger partial charge in [0.05, 0.1) is 6.61 Å². The topological polar surface area (TPSA) is 114 Å². The zero-order valence-corrected chi connectivity index (χ0v) is 15.8. The summed E-state index contributed by atoms with van der Waals surface area (Å²) in [5, 5.41) is 11.6. The van der Waals surface area contributed by atoms with Gasteiger partial charge in [-0.3, -0.25) is 10.1 Å². The van der Waals surface area contributed by atoms with Crippen LogP contribution in [0.3, 0.4) is 0 Å². The van der Waals surface area contributed by atoms with Gasteiger partial charge in [-0.1, -0.05) is 35.9 Å². The minimum absolute atomic E-state index is 0.249. The number of imide groups is 1. The first-order valence-electron chi connectivity index (χ1n) is 8.30. The van der Waals surface area contributed by atoms with Crippen LogP contribution in [0.25, 0.3) is 6.08 Å². The number of benzene rings is 2. The fourth-order valence-corrected chi connectivity index (χ4v) is 2.46. The van der Waals surface area contributed by atoms with E-state index in [1.807, 2.05) is 30.4 Å². The van der Waals surface area contributed by atoms with Crippen molar-refractivity contribution in [1.29, 1.82) is 5.26 Å². The summed E-state index contributed by atoms with van der Waals surface area (Å²) in [6, 6.07) is 13.0. The van der Waals surface area contributed by atoms with Gasteiger partial charge >= 0.3 is 6.03 Å². The third kappa shape index (κ3) is 5.76. The van der Waals surface area contributed by atoms with Gasteiger partial charge in [-0.05, 0) is 36.8 Å². The molecule has 0 atom stereocenters. The first-order chi connectivity index (χ1) is 13.4. The quantitative estimate of drug-likeness (QED) is 0.546. The minimum Gasteiger partial charge on any atom is -0.490 e. The van der Waals surface area contributed by atoms with Crippen molar-refractivity contribution in [2.75, 3.05) is 6.61 Å². The van der Waals surface area contributed by atoms with E-state index in [1.54, 1.807) is 30.3 Å². The van der Waals surface area contributed by atoms with Crippen molar-refractivity contribution >= 4 is 29.6 Å². The van der Waals surface area contributed by atoms with Gasteiger partial charge in [0.1, 0.15) is 18.2 Å². The molecule has 0 bridgehead atoms. The summed E-state index contributed by atoms with van der Waals surface area (Å²) in [5.74, 6) is 0.0434. The van der Waals surface area contributed by atoms with Crippen LogP contribution in [-0.2, 0) is 11.4 Å². The number of ether oxygens (including phenoxy) is 2. The van der Waals surface area contributed by atoms with Crippen LogP contribution in [0.1, 0.15) is 18.1 Å². The summed E-state index contributed by atoms with van der Waals surface area (Å²) < 4.78 is 11.4. The number of carbonyl (C=O) groups is 2. The number of primary amides is 1. The molecule has 0 saturated heterocycles. The van der Waals surface area contributed by atoms with Crippen molar-refractivity contribution in [2.24, 2.45) is 5.73 Å². The molecule has 8 heteroatoms. The highest BCUT2D eigenvalue weighted by atomic mass is 35.5. The lowest BCUT2D eigenvalue weighted by atomic mass is 10.1. The molecular formula is C20H18ClN3O4. The Kier molecular flexibility index (Phi) is 7.43. The molecule has 0 heterocycles. The predicted octanol–water partition coefficient (Wildman–Crippen LogP) is 3.42. The molecule has 3 N–H and O–H groups in total. The molecule has 2 aromatic rings. The molecule has 0 fully saturated rings. The van der Waals surface area contributed by atoms with Gasteiger partial charge in [0.15, 0.2) is 11.5 Å². The van der Waals surface area contributed by atoms with Gasteiger partial charge in [0.2, 0.25) is 0 Å². The van der Waals surface area contributed by atoms with Crippen LogP contribution in [0.5, 0.6) is 11.5 Å². The predicted molar refractivity (Wildman–Crippen MR) is 105 cm³/mol. The highest BCUT2D eigenvalue weighted by molar-refractivity contribution is 6.31. The molecule has 28 heavy (non-hydrogen) atoms. The normalized spacial score (nSPS) is 10.7. The number of nitrogens with one attached hydrogen (secondary N) is 1. The number of nitrogens with two attached hydrogens (primary N) is 1. The molecule has 144 valence electrons. The number of halogens is 1. The maximum atomic E-state index is 11.8. The van der Waals surface area contributed by atoms with E-state index in [2.05, 4.69) is 0 Å². The number of amides is 3. The number of rotatable bonds is 7. The Morgan fingerprint density at radius 3 is 2.61 bits per heavy atom. The molecule has 0 aromatic heterocycles. The molecule has 3 amide bonds. The molecule has 0 aliphatic rings. The lowest BCUT2D eigenvalue weighted by molar-refractivity contribution is -0.115. The minimum atomic E-state index is -1.04. The Bertz CT molecular complexity index is 951. The number of hydrogen-bond donors (Lipinski definition) is 2. The van der Waals surface area contributed by atoms with E-state index in [0.29, 0.717) is 28.7 Å². The molecule has 7 nitrogen and oxygen atoms in total. The van der Waals surface area contributed by atoms with Crippen molar-refractivity contribution in [3.63, 3.8) is 0 Å². The Hall–Kier alpha value is -3.50. The Morgan fingerprint density at radius 1 is 1.21 bits per heavy atom. The van der Waals surface area contributed by atoms with Gasteiger partial charge < -0.3 is 15.2 Å². The smallest absolute Gasteiger partial charge is 0.319 e. The molecular weight excluding hydrogens is 382 g/mol. The largest absolute Gasteiger partial charge is 0.490 e. The molecule has 0 radical (unpaired) electrons. The third-order valence-electron chi connectivity index (χ3n) is 3.52. The molecule has 2 rings (SSSR count). The van der Waals surface area contributed by atoms with Crippen LogP contribution in [0.2, 0.25) is 5.02 Å². The monoisotopic (exact) mass is 399 g/mol. The van der Waals surface area contributed by atoms with E-state index in [9.17, 15) is 9.59 Å². The van der Waals surface area contributed by atoms with E-state index in [0.717, 1.165) is 5.56 Å². The van der Waals surface area contributed by atoms with Crippen LogP contribution in [0, 0.1) is 11.3 Å². The lowest BCUT2D eigenvalue weighted by Gasteiger charge is -2.13. The summed E-state index contributed by atoms with van der Waals surface area (Å²) in [6.45, 7) is 2.46. The second-order valence-electron chi connectivity index (χ2n) is 5.51. The van der Waals surface area contributed by atoms with Crippen molar-refractivity contribution in [2.45, 2.75) is 13.5 Å². The van der Waals surface area contributed by atoms with Crippen LogP contribution in [0.4, 0.5) is 4.79 Å². The zero-order valence-electron chi connectivity index (χ0n) is 15.1. The van der Waals surface area contributed by atoms with Gasteiger partial charge in [-0.15, -0.1) is 0 Å². The van der Waals surface area contributed by atoms with Crippen LogP contribution in [-0.4, -0.2) is 18.5 Å². The molecule has 0 saturated carbocycles. The molecule has 0 spiro atoms. The maximum absolute atomic E-state index is 11.8. The van der Waals surface area contributed by atoms with Crippen molar-refractivity contribution in [3.05, 3.63) is 64.2 Å². The molecule has 2 aromatic carbocycles. The van der Waals surface area contributed by atoms with Crippen LogP contribution >= 0.6 is 11.6 Å². The molecule has 0 aliphatic heterocycles. The molecule has 0 unspecified atom stereocenters. The Balaban J connectivity index is 2.25. The lowest BCUT2D eigenvalue weighted by Crippen LogP contribution is -2.35. The van der Waals surface area contributed by atoms with Crippen LogP contribution in [0.15, 0.2) is 48.0 Å². The molecule has 0 aliphatic carbocycles. The highest BCUT2D eigenvalue weighted by Gasteiger charge is 2.13. The van der Waals surface area contributed by atoms with Crippen molar-refractivity contribution in [3.8, 4) is 17.6 Å². The van der Waals surface area contributed by atoms with E-state index < -0.39 is 11.9 Å². The summed E-state index contributed by atoms with van der Waals surface area (Å²) in [7, 11) is 0. The zero-order chi connectivity index (χ0) is 20.5. The van der Waals surface area contributed by atoms with Gasteiger partial charge in [-0.25, -0.2) is 4.79 Å². The first-order valence-corrected chi connectivity index (χ1v) is 8.68. The average Bonchev–Trinajstić information content (AvgIpc) is 2.66. The number of nitriles is 1. The number of nitrogens with zero attached hydrogens (tertiary/aromatic N) is 1. The van der Waals surface area contributed by atoms with Gasteiger partial charge in [-0.2, -0.15) is 5.26 Å². The van der Waals surface area contributed by atoms with Crippen molar-refractivity contribution < 1.29 is 19.1 Å². The fourth-order valence-electron chi connectivity index (χ4n) is 2.27. The second kappa shape index (κ2) is 10.00. The summed E-state index contributed by atoms with van der Waals surface area (Å²) in [6.07, 6.45) is 1.32. The van der Waals surface area contributed by atoms with Gasteiger partial charge in [0.25, 0.3) is 5.91 Å². The number of hydrogen-bond acceptors (Lipinski definition) is 5. The first kappa shape index (κ1) is 20.8. The van der Waals surface area contributed by atoms with Gasteiger partial charge in [0, 0.05) is 10.6 Å². The standard InChI is InChI=1S/C20H18ClN3O4/c1-2-27-18-10-13(9-15(11-22)19(25)24-20(23)26)7-8-17(18)28-12-14-5-3-4-6-16(14)21/h3-10H,2,12H2,1H3,(H3,23,24,25,26)/b15-9-. The van der Waals surface area contributed by atoms with Crippen LogP contribution < -0.4 is 20.5 Å². The average molecular weight is 400 g/mol. The summed E-state index contributed by atoms with van der Waals surface area (Å²) in [5.41, 5.74) is 5.97. The third-order valence-corrected chi connectivity index (χ3v) is 3.89. The summed E-state index contributed by atoms with van der Waals surface area (Å²) >= 11 is 6.14. The van der Waals surface area contributed by atoms with Crippen molar-refractivity contribution in [1.82, 2.24) is 5.32 Å².